The zero-order valence-electron chi connectivity index (χ0n) is 11.0. The van der Waals surface area contributed by atoms with E-state index in [1.807, 2.05) is 12.1 Å². The van der Waals surface area contributed by atoms with Gasteiger partial charge in [-0.05, 0) is 25.0 Å². The van der Waals surface area contributed by atoms with Gasteiger partial charge < -0.3 is 15.2 Å². The average Bonchev–Trinajstić information content (AvgIpc) is 2.40. The molecule has 1 aromatic rings. The third-order valence-electron chi connectivity index (χ3n) is 3.54. The molecule has 0 radical (unpaired) electrons. The molecule has 0 amide bonds. The molecule has 1 fully saturated rings. The van der Waals surface area contributed by atoms with E-state index in [4.69, 9.17) is 15.2 Å². The van der Waals surface area contributed by atoms with E-state index < -0.39 is 0 Å². The summed E-state index contributed by atoms with van der Waals surface area (Å²) in [5.41, 5.74) is 7.16. The van der Waals surface area contributed by atoms with Gasteiger partial charge in [-0.25, -0.2) is 4.98 Å². The highest BCUT2D eigenvalue weighted by Gasteiger charge is 2.27. The second-order valence-electron chi connectivity index (χ2n) is 5.09. The maximum Gasteiger partial charge on any atom is 0.218 e. The van der Waals surface area contributed by atoms with Gasteiger partial charge in [0.25, 0.3) is 0 Å². The Balaban J connectivity index is 1.84. The minimum absolute atomic E-state index is 0.131. The predicted molar refractivity (Wildman–Crippen MR) is 70.4 cm³/mol. The van der Waals surface area contributed by atoms with Gasteiger partial charge in [0.15, 0.2) is 0 Å². The topological polar surface area (TPSA) is 57.4 Å². The van der Waals surface area contributed by atoms with Crippen LogP contribution in [0.5, 0.6) is 5.88 Å². The number of hydrogen-bond acceptors (Lipinski definition) is 4. The molecule has 1 saturated carbocycles. The lowest BCUT2D eigenvalue weighted by Crippen LogP contribution is -2.46. The van der Waals surface area contributed by atoms with E-state index in [-0.39, 0.29) is 5.54 Å². The highest BCUT2D eigenvalue weighted by atomic mass is 16.5. The molecule has 0 bridgehead atoms. The number of hydrogen-bond donors (Lipinski definition) is 1. The van der Waals surface area contributed by atoms with Gasteiger partial charge in [0.05, 0.1) is 20.3 Å². The van der Waals surface area contributed by atoms with Crippen LogP contribution >= 0.6 is 0 Å². The molecule has 0 saturated heterocycles. The van der Waals surface area contributed by atoms with Crippen molar-refractivity contribution < 1.29 is 9.47 Å². The van der Waals surface area contributed by atoms with Crippen LogP contribution < -0.4 is 10.5 Å². The Hall–Kier alpha value is -1.13. The standard InChI is InChI=1S/C14H22N2O2/c1-17-13-12(6-5-9-16-13)10-18-11-14(15)7-3-2-4-8-14/h5-6,9H,2-4,7-8,10-11,15H2,1H3. The Bertz CT molecular complexity index is 376. The first kappa shape index (κ1) is 13.3. The number of rotatable bonds is 5. The van der Waals surface area contributed by atoms with Gasteiger partial charge in [-0.3, -0.25) is 0 Å². The Labute approximate surface area is 108 Å². The molecule has 4 nitrogen and oxygen atoms in total. The van der Waals surface area contributed by atoms with Crippen LogP contribution in [0.3, 0.4) is 0 Å². The molecule has 0 aromatic carbocycles. The van der Waals surface area contributed by atoms with Crippen molar-refractivity contribution in [1.82, 2.24) is 4.98 Å². The lowest BCUT2D eigenvalue weighted by molar-refractivity contribution is 0.0562. The van der Waals surface area contributed by atoms with Crippen LogP contribution in [0.1, 0.15) is 37.7 Å². The normalized spacial score (nSPS) is 18.6. The highest BCUT2D eigenvalue weighted by Crippen LogP contribution is 2.26. The van der Waals surface area contributed by atoms with Gasteiger partial charge in [-0.1, -0.05) is 19.3 Å². The summed E-state index contributed by atoms with van der Waals surface area (Å²) in [7, 11) is 1.62. The van der Waals surface area contributed by atoms with Crippen LogP contribution in [-0.4, -0.2) is 24.2 Å². The Morgan fingerprint density at radius 2 is 2.11 bits per heavy atom. The highest BCUT2D eigenvalue weighted by molar-refractivity contribution is 5.24. The van der Waals surface area contributed by atoms with Crippen molar-refractivity contribution in [3.05, 3.63) is 23.9 Å². The summed E-state index contributed by atoms with van der Waals surface area (Å²) in [4.78, 5) is 4.15. The fourth-order valence-electron chi connectivity index (χ4n) is 2.48. The molecule has 0 atom stereocenters. The van der Waals surface area contributed by atoms with Crippen molar-refractivity contribution >= 4 is 0 Å². The molecule has 0 spiro atoms. The number of aromatic nitrogens is 1. The Kier molecular flexibility index (Phi) is 4.55. The minimum atomic E-state index is -0.131. The van der Waals surface area contributed by atoms with E-state index in [0.29, 0.717) is 19.1 Å². The monoisotopic (exact) mass is 250 g/mol. The van der Waals surface area contributed by atoms with Crippen molar-refractivity contribution in [2.45, 2.75) is 44.2 Å². The lowest BCUT2D eigenvalue weighted by Gasteiger charge is -2.33. The maximum absolute atomic E-state index is 6.32. The van der Waals surface area contributed by atoms with Crippen LogP contribution in [0.2, 0.25) is 0 Å². The second kappa shape index (κ2) is 6.16. The first-order valence-electron chi connectivity index (χ1n) is 6.58. The molecule has 0 unspecified atom stereocenters. The van der Waals surface area contributed by atoms with Crippen molar-refractivity contribution in [3.63, 3.8) is 0 Å². The van der Waals surface area contributed by atoms with Crippen LogP contribution in [0, 0.1) is 0 Å². The zero-order valence-corrected chi connectivity index (χ0v) is 11.0. The summed E-state index contributed by atoms with van der Waals surface area (Å²) in [6.45, 7) is 1.13. The number of methoxy groups -OCH3 is 1. The van der Waals surface area contributed by atoms with Crippen LogP contribution in [0.25, 0.3) is 0 Å². The van der Waals surface area contributed by atoms with E-state index in [1.54, 1.807) is 13.3 Å². The van der Waals surface area contributed by atoms with Gasteiger partial charge >= 0.3 is 0 Å². The summed E-state index contributed by atoms with van der Waals surface area (Å²) in [5, 5.41) is 0. The number of nitrogens with two attached hydrogens (primary N) is 1. The van der Waals surface area contributed by atoms with Gasteiger partial charge in [0.2, 0.25) is 5.88 Å². The molecule has 18 heavy (non-hydrogen) atoms. The maximum atomic E-state index is 6.32. The minimum Gasteiger partial charge on any atom is -0.481 e. The molecule has 1 aromatic heterocycles. The van der Waals surface area contributed by atoms with E-state index in [2.05, 4.69) is 4.98 Å². The second-order valence-corrected chi connectivity index (χ2v) is 5.09. The fraction of sp³-hybridized carbons (Fsp3) is 0.643. The molecule has 2 rings (SSSR count). The molecular formula is C14H22N2O2. The number of ether oxygens (including phenoxy) is 2. The summed E-state index contributed by atoms with van der Waals surface area (Å²) in [6.07, 6.45) is 7.59. The largest absolute Gasteiger partial charge is 0.481 e. The molecular weight excluding hydrogens is 228 g/mol. The van der Waals surface area contributed by atoms with E-state index >= 15 is 0 Å². The molecule has 2 N–H and O–H groups in total. The first-order chi connectivity index (χ1) is 8.73. The quantitative estimate of drug-likeness (QED) is 0.871. The summed E-state index contributed by atoms with van der Waals surface area (Å²) >= 11 is 0. The van der Waals surface area contributed by atoms with Gasteiger partial charge in [0.1, 0.15) is 0 Å². The molecule has 100 valence electrons. The van der Waals surface area contributed by atoms with Crippen molar-refractivity contribution in [2.24, 2.45) is 5.73 Å². The third kappa shape index (κ3) is 3.43. The van der Waals surface area contributed by atoms with E-state index in [9.17, 15) is 0 Å². The molecule has 1 aliphatic rings. The van der Waals surface area contributed by atoms with Gasteiger partial charge in [-0.15, -0.1) is 0 Å². The van der Waals surface area contributed by atoms with Crippen molar-refractivity contribution in [3.8, 4) is 5.88 Å². The number of pyridine rings is 1. The summed E-state index contributed by atoms with van der Waals surface area (Å²) in [6, 6.07) is 3.86. The van der Waals surface area contributed by atoms with E-state index in [0.717, 1.165) is 18.4 Å². The SMILES string of the molecule is COc1ncccc1COCC1(N)CCCCC1. The fourth-order valence-corrected chi connectivity index (χ4v) is 2.48. The van der Waals surface area contributed by atoms with Crippen LogP contribution in [-0.2, 0) is 11.3 Å². The lowest BCUT2D eigenvalue weighted by atomic mass is 9.83. The molecule has 0 aliphatic heterocycles. The smallest absolute Gasteiger partial charge is 0.218 e. The van der Waals surface area contributed by atoms with Gasteiger partial charge in [-0.2, -0.15) is 0 Å². The van der Waals surface area contributed by atoms with Crippen molar-refractivity contribution in [1.29, 1.82) is 0 Å². The Morgan fingerprint density at radius 3 is 2.83 bits per heavy atom. The summed E-state index contributed by atoms with van der Waals surface area (Å²) in [5.74, 6) is 0.632. The van der Waals surface area contributed by atoms with Gasteiger partial charge in [0, 0.05) is 17.3 Å². The molecule has 4 heteroatoms. The molecule has 1 heterocycles. The molecule has 1 aliphatic carbocycles. The Morgan fingerprint density at radius 1 is 1.33 bits per heavy atom. The number of nitrogens with zero attached hydrogens (tertiary/aromatic N) is 1. The van der Waals surface area contributed by atoms with Crippen LogP contribution in [0.15, 0.2) is 18.3 Å². The predicted octanol–water partition coefficient (Wildman–Crippen LogP) is 2.27. The third-order valence-corrected chi connectivity index (χ3v) is 3.54. The zero-order chi connectivity index (χ0) is 12.8. The van der Waals surface area contributed by atoms with Crippen LogP contribution in [0.4, 0.5) is 0 Å². The average molecular weight is 250 g/mol. The van der Waals surface area contributed by atoms with E-state index in [1.165, 1.54) is 19.3 Å². The first-order valence-corrected chi connectivity index (χ1v) is 6.58. The summed E-state index contributed by atoms with van der Waals surface area (Å²) < 4.78 is 11.0. The van der Waals surface area contributed by atoms with Crippen molar-refractivity contribution in [2.75, 3.05) is 13.7 Å².